The van der Waals surface area contributed by atoms with E-state index in [1.54, 1.807) is 5.57 Å². The Hall–Kier alpha value is -2.99. The highest BCUT2D eigenvalue weighted by Gasteiger charge is 2.60. The second kappa shape index (κ2) is 17.9. The van der Waals surface area contributed by atoms with E-state index in [9.17, 15) is 4.79 Å². The molecule has 4 nitrogen and oxygen atoms in total. The summed E-state index contributed by atoms with van der Waals surface area (Å²) in [6, 6.07) is 33.0. The first-order valence-electron chi connectivity index (χ1n) is 23.2. The molecule has 3 aromatic rings. The van der Waals surface area contributed by atoms with Crippen molar-refractivity contribution in [3.63, 3.8) is 0 Å². The lowest BCUT2D eigenvalue weighted by molar-refractivity contribution is -0.151. The van der Waals surface area contributed by atoms with E-state index in [4.69, 9.17) is 13.9 Å². The second-order valence-corrected chi connectivity index (χ2v) is 24.6. The largest absolute Gasteiger partial charge is 0.466 e. The Morgan fingerprint density at radius 3 is 2.07 bits per heavy atom. The molecule has 4 aliphatic rings. The summed E-state index contributed by atoms with van der Waals surface area (Å²) < 4.78 is 20.3. The van der Waals surface area contributed by atoms with Gasteiger partial charge in [-0.2, -0.15) is 0 Å². The number of fused-ring (bicyclic) bond motifs is 5. The molecule has 58 heavy (non-hydrogen) atoms. The number of rotatable bonds is 15. The molecular weight excluding hydrogens is 729 g/mol. The second-order valence-electron chi connectivity index (χ2n) is 20.3. The van der Waals surface area contributed by atoms with Crippen LogP contribution in [0.1, 0.15) is 132 Å². The van der Waals surface area contributed by atoms with E-state index in [2.05, 4.69) is 146 Å². The van der Waals surface area contributed by atoms with Gasteiger partial charge in [-0.3, -0.25) is 4.79 Å². The molecule has 5 heteroatoms. The molecule has 0 radical (unpaired) electrons. The molecule has 0 saturated heterocycles. The number of carbonyl (C=O) groups is 1. The Morgan fingerprint density at radius 2 is 1.47 bits per heavy atom. The van der Waals surface area contributed by atoms with Crippen LogP contribution in [0.4, 0.5) is 0 Å². The van der Waals surface area contributed by atoms with Gasteiger partial charge in [0.25, 0.3) is 8.32 Å². The summed E-state index contributed by atoms with van der Waals surface area (Å²) in [5, 5.41) is 2.74. The maximum Gasteiger partial charge on any atom is 0.309 e. The van der Waals surface area contributed by atoms with Crippen molar-refractivity contribution in [2.45, 2.75) is 150 Å². The zero-order chi connectivity index (χ0) is 41.1. The van der Waals surface area contributed by atoms with Crippen LogP contribution in [0.2, 0.25) is 5.04 Å². The van der Waals surface area contributed by atoms with Crippen LogP contribution in [0.15, 0.2) is 103 Å². The van der Waals surface area contributed by atoms with Gasteiger partial charge in [0.15, 0.2) is 0 Å². The van der Waals surface area contributed by atoms with Crippen LogP contribution in [-0.4, -0.2) is 33.1 Å². The molecule has 0 amide bonds. The Kier molecular flexibility index (Phi) is 13.3. The Labute approximate surface area is 353 Å². The monoisotopic (exact) mass is 803 g/mol. The maximum absolute atomic E-state index is 13.3. The number of allylic oxidation sites excluding steroid dienone is 1. The average Bonchev–Trinajstić information content (AvgIpc) is 3.58. The van der Waals surface area contributed by atoms with Crippen LogP contribution in [0.5, 0.6) is 0 Å². The smallest absolute Gasteiger partial charge is 0.309 e. The number of carbonyl (C=O) groups excluding carboxylic acids is 1. The van der Waals surface area contributed by atoms with Crippen molar-refractivity contribution < 1.29 is 18.7 Å². The first-order valence-corrected chi connectivity index (χ1v) is 25.1. The predicted octanol–water partition coefficient (Wildman–Crippen LogP) is 12.1. The highest BCUT2D eigenvalue weighted by atomic mass is 28.4. The Bertz CT molecular complexity index is 1780. The molecule has 10 atom stereocenters. The first-order chi connectivity index (χ1) is 27.9. The molecule has 3 saturated carbocycles. The van der Waals surface area contributed by atoms with Gasteiger partial charge in [0, 0.05) is 6.10 Å². The van der Waals surface area contributed by atoms with Gasteiger partial charge in [-0.05, 0) is 133 Å². The zero-order valence-electron chi connectivity index (χ0n) is 37.2. The van der Waals surface area contributed by atoms with E-state index in [0.29, 0.717) is 25.0 Å². The number of hydrogen-bond acceptors (Lipinski definition) is 4. The molecule has 4 aliphatic carbocycles. The van der Waals surface area contributed by atoms with E-state index >= 15 is 0 Å². The van der Waals surface area contributed by atoms with E-state index in [1.807, 2.05) is 6.92 Å². The lowest BCUT2D eigenvalue weighted by Gasteiger charge is -2.59. The van der Waals surface area contributed by atoms with Crippen LogP contribution in [0.25, 0.3) is 0 Å². The summed E-state index contributed by atoms with van der Waals surface area (Å²) in [5.74, 6) is 2.97. The van der Waals surface area contributed by atoms with Crippen molar-refractivity contribution in [3.05, 3.63) is 108 Å². The van der Waals surface area contributed by atoms with Crippen molar-refractivity contribution in [1.82, 2.24) is 0 Å². The van der Waals surface area contributed by atoms with Gasteiger partial charge in [-0.25, -0.2) is 0 Å². The van der Waals surface area contributed by atoms with Gasteiger partial charge in [-0.15, -0.1) is 0 Å². The summed E-state index contributed by atoms with van der Waals surface area (Å²) in [6.07, 6.45) is 15.3. The predicted molar refractivity (Wildman–Crippen MR) is 242 cm³/mol. The average molecular weight is 803 g/mol. The Balaban J connectivity index is 1.11. The van der Waals surface area contributed by atoms with Gasteiger partial charge >= 0.3 is 5.97 Å². The third-order valence-corrected chi connectivity index (χ3v) is 21.3. The van der Waals surface area contributed by atoms with E-state index in [0.717, 1.165) is 49.9 Å². The maximum atomic E-state index is 13.3. The van der Waals surface area contributed by atoms with E-state index < -0.39 is 8.32 Å². The van der Waals surface area contributed by atoms with Crippen LogP contribution in [-0.2, 0) is 25.3 Å². The quantitative estimate of drug-likeness (QED) is 0.0872. The molecule has 0 bridgehead atoms. The highest BCUT2D eigenvalue weighted by molar-refractivity contribution is 6.99. The van der Waals surface area contributed by atoms with Crippen molar-refractivity contribution in [2.24, 2.45) is 46.3 Å². The first kappa shape index (κ1) is 43.1. The normalized spacial score (nSPS) is 29.9. The number of benzene rings is 3. The van der Waals surface area contributed by atoms with E-state index in [1.165, 1.54) is 54.5 Å². The van der Waals surface area contributed by atoms with Crippen molar-refractivity contribution >= 4 is 24.7 Å². The summed E-state index contributed by atoms with van der Waals surface area (Å²) in [6.45, 7) is 20.1. The Morgan fingerprint density at radius 1 is 0.828 bits per heavy atom. The van der Waals surface area contributed by atoms with Crippen LogP contribution >= 0.6 is 0 Å². The molecule has 3 aromatic carbocycles. The fourth-order valence-corrected chi connectivity index (χ4v) is 18.0. The third kappa shape index (κ3) is 8.23. The van der Waals surface area contributed by atoms with Crippen LogP contribution in [0, 0.1) is 46.3 Å². The number of esters is 1. The third-order valence-electron chi connectivity index (χ3n) is 16.2. The summed E-state index contributed by atoms with van der Waals surface area (Å²) in [4.78, 5) is 13.3. The highest BCUT2D eigenvalue weighted by Crippen LogP contribution is 2.67. The SMILES string of the molecule is CCC[C@H](C[C@@H](OCc1ccccc1)[C@@H](C)[C@H]1CC[C@H]2[C@@H]3CC=C4C[C@@H](O[Si](c5ccccc5)(c5ccccc5)C(C)(C)C)CC[C@]4(C)[C@H]3CC[C@]12C)C(=O)OCC. The van der Waals surface area contributed by atoms with Crippen molar-refractivity contribution in [1.29, 1.82) is 0 Å². The minimum Gasteiger partial charge on any atom is -0.466 e. The lowest BCUT2D eigenvalue weighted by Crippen LogP contribution is -2.68. The van der Waals surface area contributed by atoms with E-state index in [-0.39, 0.29) is 40.0 Å². The van der Waals surface area contributed by atoms with Crippen molar-refractivity contribution in [3.8, 4) is 0 Å². The standard InChI is InChI=1S/C53H74O4Si/c1-9-20-40(50(54)55-10-2)35-49(56-37-39-21-14-11-15-22-39)38(3)46-29-30-47-45-28-27-41-36-42(31-33-52(41,7)48(45)32-34-53(46,47)8)57-58(51(4,5)6,43-23-16-12-17-24-43)44-25-18-13-19-26-44/h11-19,21-27,38,40,42,45-49H,9-10,20,28-37H2,1-8H3/t38-,40+,42-,45-,46+,47-,48-,49+,52-,53+/m0/s1. The molecular formula is C53H74O4Si. The summed E-state index contributed by atoms with van der Waals surface area (Å²) in [7, 11) is -2.62. The fourth-order valence-electron chi connectivity index (χ4n) is 13.3. The molecule has 314 valence electrons. The van der Waals surface area contributed by atoms with Gasteiger partial charge < -0.3 is 13.9 Å². The topological polar surface area (TPSA) is 44.8 Å². The molecule has 0 heterocycles. The zero-order valence-corrected chi connectivity index (χ0v) is 38.2. The van der Waals surface area contributed by atoms with Crippen LogP contribution < -0.4 is 10.4 Å². The van der Waals surface area contributed by atoms with Gasteiger partial charge in [0.1, 0.15) is 0 Å². The number of ether oxygens (including phenoxy) is 2. The summed E-state index contributed by atoms with van der Waals surface area (Å²) in [5.41, 5.74) is 3.41. The van der Waals surface area contributed by atoms with Gasteiger partial charge in [0.05, 0.1) is 25.2 Å². The number of hydrogen-bond donors (Lipinski definition) is 0. The minimum atomic E-state index is -2.62. The molecule has 0 spiro atoms. The minimum absolute atomic E-state index is 0.0145. The van der Waals surface area contributed by atoms with Crippen LogP contribution in [0.3, 0.4) is 0 Å². The molecule has 0 unspecified atom stereocenters. The molecule has 3 fully saturated rings. The lowest BCUT2D eigenvalue weighted by atomic mass is 9.47. The summed E-state index contributed by atoms with van der Waals surface area (Å²) >= 11 is 0. The molecule has 0 aliphatic heterocycles. The fraction of sp³-hybridized carbons (Fsp3) is 0.604. The van der Waals surface area contributed by atoms with Crippen molar-refractivity contribution in [2.75, 3.05) is 6.61 Å². The molecule has 7 rings (SSSR count). The van der Waals surface area contributed by atoms with Gasteiger partial charge in [0.2, 0.25) is 0 Å². The molecule has 0 N–H and O–H groups in total. The van der Waals surface area contributed by atoms with Gasteiger partial charge in [-0.1, -0.05) is 158 Å². The molecule has 0 aromatic heterocycles.